The van der Waals surface area contributed by atoms with E-state index < -0.39 is 0 Å². The zero-order valence-electron chi connectivity index (χ0n) is 12.9. The molecule has 9 nitrogen and oxygen atoms in total. The molecule has 3 aromatic heterocycles. The average Bonchev–Trinajstić information content (AvgIpc) is 3.19. The molecule has 0 unspecified atom stereocenters. The maximum absolute atomic E-state index is 12.1. The van der Waals surface area contributed by atoms with Crippen LogP contribution in [0.2, 0.25) is 0 Å². The van der Waals surface area contributed by atoms with Crippen molar-refractivity contribution in [2.75, 3.05) is 20.3 Å². The summed E-state index contributed by atoms with van der Waals surface area (Å²) in [5.41, 5.74) is 0.962. The Bertz CT molecular complexity index is 824. The van der Waals surface area contributed by atoms with Crippen molar-refractivity contribution >= 4 is 16.9 Å². The van der Waals surface area contributed by atoms with E-state index in [0.717, 1.165) is 11.8 Å². The van der Waals surface area contributed by atoms with Crippen LogP contribution in [0.4, 0.5) is 0 Å². The first-order valence-corrected chi connectivity index (χ1v) is 7.20. The van der Waals surface area contributed by atoms with Crippen LogP contribution >= 0.6 is 0 Å². The first-order chi connectivity index (χ1) is 11.2. The normalized spacial score (nSPS) is 11.0. The Hall–Kier alpha value is -2.81. The molecule has 0 atom stereocenters. The second kappa shape index (κ2) is 6.53. The van der Waals surface area contributed by atoms with Crippen molar-refractivity contribution in [3.63, 3.8) is 0 Å². The lowest BCUT2D eigenvalue weighted by Crippen LogP contribution is -2.25. The van der Waals surface area contributed by atoms with E-state index >= 15 is 0 Å². The lowest BCUT2D eigenvalue weighted by Gasteiger charge is -2.04. The van der Waals surface area contributed by atoms with Crippen molar-refractivity contribution in [2.45, 2.75) is 13.3 Å². The molecular weight excluding hydrogens is 298 g/mol. The van der Waals surface area contributed by atoms with Gasteiger partial charge in [-0.15, -0.1) is 0 Å². The minimum Gasteiger partial charge on any atom is -0.385 e. The molecule has 1 amide bonds. The van der Waals surface area contributed by atoms with E-state index in [1.54, 1.807) is 37.2 Å². The third kappa shape index (κ3) is 3.19. The molecule has 3 aromatic rings. The van der Waals surface area contributed by atoms with Crippen molar-refractivity contribution in [1.82, 2.24) is 35.3 Å². The lowest BCUT2D eigenvalue weighted by molar-refractivity contribution is 0.0943. The molecule has 120 valence electrons. The zero-order chi connectivity index (χ0) is 16.2. The summed E-state index contributed by atoms with van der Waals surface area (Å²) in [4.78, 5) is 20.7. The highest BCUT2D eigenvalue weighted by Crippen LogP contribution is 2.16. The Morgan fingerprint density at radius 2 is 2.30 bits per heavy atom. The van der Waals surface area contributed by atoms with Crippen molar-refractivity contribution in [3.8, 4) is 5.82 Å². The molecule has 0 fully saturated rings. The van der Waals surface area contributed by atoms with Crippen LogP contribution in [0.1, 0.15) is 22.7 Å². The second-order valence-corrected chi connectivity index (χ2v) is 4.97. The molecule has 0 radical (unpaired) electrons. The third-order valence-corrected chi connectivity index (χ3v) is 3.25. The summed E-state index contributed by atoms with van der Waals surface area (Å²) < 4.78 is 6.49. The van der Waals surface area contributed by atoms with Gasteiger partial charge in [-0.25, -0.2) is 14.6 Å². The Morgan fingerprint density at radius 3 is 3.13 bits per heavy atom. The molecule has 0 aliphatic rings. The van der Waals surface area contributed by atoms with Gasteiger partial charge in [-0.3, -0.25) is 9.89 Å². The van der Waals surface area contributed by atoms with Gasteiger partial charge in [0, 0.05) is 26.5 Å². The van der Waals surface area contributed by atoms with Crippen LogP contribution in [-0.4, -0.2) is 56.1 Å². The summed E-state index contributed by atoms with van der Waals surface area (Å²) in [6, 6.07) is 1.65. The van der Waals surface area contributed by atoms with Crippen LogP contribution in [0.25, 0.3) is 16.9 Å². The summed E-state index contributed by atoms with van der Waals surface area (Å²) in [6.07, 6.45) is 4.08. The summed E-state index contributed by atoms with van der Waals surface area (Å²) >= 11 is 0. The van der Waals surface area contributed by atoms with E-state index in [2.05, 4.69) is 30.6 Å². The highest BCUT2D eigenvalue weighted by Gasteiger charge is 2.14. The van der Waals surface area contributed by atoms with E-state index in [-0.39, 0.29) is 5.91 Å². The van der Waals surface area contributed by atoms with Crippen LogP contribution < -0.4 is 5.32 Å². The number of amides is 1. The molecule has 0 aliphatic carbocycles. The largest absolute Gasteiger partial charge is 0.385 e. The van der Waals surface area contributed by atoms with Crippen molar-refractivity contribution < 1.29 is 9.53 Å². The van der Waals surface area contributed by atoms with Crippen LogP contribution in [0, 0.1) is 6.92 Å². The Morgan fingerprint density at radius 1 is 1.43 bits per heavy atom. The Kier molecular flexibility index (Phi) is 4.29. The number of hydrogen-bond acceptors (Lipinski definition) is 6. The minimum atomic E-state index is -0.228. The van der Waals surface area contributed by atoms with Gasteiger partial charge in [-0.05, 0) is 19.4 Å². The molecule has 2 N–H and O–H groups in total. The number of ether oxygens (including phenoxy) is 1. The monoisotopic (exact) mass is 315 g/mol. The number of hydrogen-bond donors (Lipinski definition) is 2. The van der Waals surface area contributed by atoms with Crippen LogP contribution in [0.5, 0.6) is 0 Å². The van der Waals surface area contributed by atoms with Gasteiger partial charge in [0.15, 0.2) is 17.2 Å². The number of nitrogens with zero attached hydrogens (tertiary/aromatic N) is 5. The van der Waals surface area contributed by atoms with E-state index in [0.29, 0.717) is 36.1 Å². The molecule has 0 spiro atoms. The number of carbonyl (C=O) groups excluding carboxylic acids is 1. The first kappa shape index (κ1) is 15.1. The number of methoxy groups -OCH3 is 1. The number of aromatic nitrogens is 6. The van der Waals surface area contributed by atoms with Crippen LogP contribution in [-0.2, 0) is 4.74 Å². The fourth-order valence-corrected chi connectivity index (χ4v) is 2.18. The molecule has 3 rings (SSSR count). The van der Waals surface area contributed by atoms with Gasteiger partial charge in [0.1, 0.15) is 5.82 Å². The first-order valence-electron chi connectivity index (χ1n) is 7.20. The molecule has 3 heterocycles. The predicted octanol–water partition coefficient (Wildman–Crippen LogP) is 0.613. The van der Waals surface area contributed by atoms with Crippen molar-refractivity contribution in [3.05, 3.63) is 30.0 Å². The number of rotatable bonds is 6. The molecule has 0 saturated heterocycles. The molecule has 9 heteroatoms. The summed E-state index contributed by atoms with van der Waals surface area (Å²) in [5, 5.41) is 14.6. The van der Waals surface area contributed by atoms with Gasteiger partial charge in [0.25, 0.3) is 5.91 Å². The van der Waals surface area contributed by atoms with Gasteiger partial charge >= 0.3 is 0 Å². The van der Waals surface area contributed by atoms with Crippen LogP contribution in [0.15, 0.2) is 18.5 Å². The zero-order valence-corrected chi connectivity index (χ0v) is 12.9. The number of carbonyl (C=O) groups is 1. The predicted molar refractivity (Wildman–Crippen MR) is 82.4 cm³/mol. The molecule has 0 aliphatic heterocycles. The number of aromatic amines is 1. The minimum absolute atomic E-state index is 0.228. The van der Waals surface area contributed by atoms with Crippen molar-refractivity contribution in [2.24, 2.45) is 0 Å². The van der Waals surface area contributed by atoms with E-state index in [1.807, 2.05) is 0 Å². The standard InChI is InChI=1S/C14H17N7O2/c1-9-17-12-10(8-16-19-12)13(18-9)21-6-4-11(20-21)14(22)15-5-3-7-23-2/h4,6,8H,3,5,7H2,1-2H3,(H,15,22)(H,16,17,18,19). The maximum atomic E-state index is 12.1. The number of fused-ring (bicyclic) bond motifs is 1. The second-order valence-electron chi connectivity index (χ2n) is 4.97. The van der Waals surface area contributed by atoms with Gasteiger partial charge in [-0.1, -0.05) is 0 Å². The third-order valence-electron chi connectivity index (χ3n) is 3.25. The van der Waals surface area contributed by atoms with E-state index in [9.17, 15) is 4.79 Å². The number of H-pyrrole nitrogens is 1. The molecular formula is C14H17N7O2. The Labute approximate surface area is 132 Å². The van der Waals surface area contributed by atoms with E-state index in [4.69, 9.17) is 4.74 Å². The fourth-order valence-electron chi connectivity index (χ4n) is 2.18. The average molecular weight is 315 g/mol. The molecule has 0 aromatic carbocycles. The van der Waals surface area contributed by atoms with Gasteiger partial charge in [0.05, 0.1) is 11.6 Å². The fraction of sp³-hybridized carbons (Fsp3) is 0.357. The van der Waals surface area contributed by atoms with Crippen LogP contribution in [0.3, 0.4) is 0 Å². The highest BCUT2D eigenvalue weighted by atomic mass is 16.5. The Balaban J connectivity index is 1.81. The number of aryl methyl sites for hydroxylation is 1. The SMILES string of the molecule is COCCCNC(=O)c1ccn(-c2nc(C)nc3[nH]ncc23)n1. The van der Waals surface area contributed by atoms with Gasteiger partial charge in [0.2, 0.25) is 0 Å². The topological polar surface area (TPSA) is 111 Å². The smallest absolute Gasteiger partial charge is 0.271 e. The summed E-state index contributed by atoms with van der Waals surface area (Å²) in [7, 11) is 1.63. The molecule has 23 heavy (non-hydrogen) atoms. The highest BCUT2D eigenvalue weighted by molar-refractivity contribution is 5.92. The summed E-state index contributed by atoms with van der Waals surface area (Å²) in [6.45, 7) is 2.93. The summed E-state index contributed by atoms with van der Waals surface area (Å²) in [5.74, 6) is 0.951. The number of nitrogens with one attached hydrogen (secondary N) is 2. The van der Waals surface area contributed by atoms with E-state index in [1.165, 1.54) is 0 Å². The van der Waals surface area contributed by atoms with Gasteiger partial charge < -0.3 is 10.1 Å². The molecule has 0 bridgehead atoms. The van der Waals surface area contributed by atoms with Crippen molar-refractivity contribution in [1.29, 1.82) is 0 Å². The quantitative estimate of drug-likeness (QED) is 0.645. The maximum Gasteiger partial charge on any atom is 0.271 e. The lowest BCUT2D eigenvalue weighted by atomic mass is 10.4. The van der Waals surface area contributed by atoms with Gasteiger partial charge in [-0.2, -0.15) is 10.2 Å². The molecule has 0 saturated carbocycles.